The molecule has 26 heavy (non-hydrogen) atoms. The van der Waals surface area contributed by atoms with E-state index in [0.717, 1.165) is 0 Å². The van der Waals surface area contributed by atoms with Gasteiger partial charge in [0, 0.05) is 43.9 Å². The van der Waals surface area contributed by atoms with Crippen molar-refractivity contribution >= 4 is 34.7 Å². The van der Waals surface area contributed by atoms with Gasteiger partial charge in [-0.15, -0.1) is 11.3 Å². The molecule has 0 bridgehead atoms. The van der Waals surface area contributed by atoms with Gasteiger partial charge in [-0.3, -0.25) is 14.4 Å². The highest BCUT2D eigenvalue weighted by Gasteiger charge is 2.24. The fraction of sp³-hybridized carbons (Fsp3) is 0.316. The first-order valence-corrected chi connectivity index (χ1v) is 9.48. The van der Waals surface area contributed by atoms with Gasteiger partial charge in [-0.2, -0.15) is 0 Å². The molecule has 136 valence electrons. The Morgan fingerprint density at radius 1 is 1.00 bits per heavy atom. The van der Waals surface area contributed by atoms with E-state index >= 15 is 0 Å². The largest absolute Gasteiger partial charge is 0.339 e. The maximum absolute atomic E-state index is 12.6. The summed E-state index contributed by atoms with van der Waals surface area (Å²) in [6.45, 7) is 4.09. The summed E-state index contributed by atoms with van der Waals surface area (Å²) in [5.41, 5.74) is 1.23. The van der Waals surface area contributed by atoms with Gasteiger partial charge >= 0.3 is 0 Å². The fourth-order valence-corrected chi connectivity index (χ4v) is 3.48. The first-order chi connectivity index (χ1) is 12.6. The Bertz CT molecular complexity index is 779. The number of hydrogen-bond acceptors (Lipinski definition) is 4. The number of thiophene rings is 1. The van der Waals surface area contributed by atoms with Crippen LogP contribution in [0.2, 0.25) is 0 Å². The van der Waals surface area contributed by atoms with Gasteiger partial charge in [0.2, 0.25) is 5.91 Å². The lowest BCUT2D eigenvalue weighted by atomic mass is 10.1. The molecule has 0 atom stereocenters. The van der Waals surface area contributed by atoms with Gasteiger partial charge in [0.25, 0.3) is 11.8 Å². The first kappa shape index (κ1) is 18.1. The van der Waals surface area contributed by atoms with Crippen molar-refractivity contribution in [2.45, 2.75) is 13.3 Å². The Morgan fingerprint density at radius 2 is 1.65 bits per heavy atom. The van der Waals surface area contributed by atoms with Crippen molar-refractivity contribution in [1.82, 2.24) is 9.80 Å². The van der Waals surface area contributed by atoms with Crippen LogP contribution in [-0.4, -0.2) is 53.7 Å². The van der Waals surface area contributed by atoms with Crippen molar-refractivity contribution in [3.63, 3.8) is 0 Å². The summed E-state index contributed by atoms with van der Waals surface area (Å²) in [5, 5.41) is 4.67. The van der Waals surface area contributed by atoms with Gasteiger partial charge < -0.3 is 15.1 Å². The van der Waals surface area contributed by atoms with Crippen LogP contribution in [0.15, 0.2) is 41.8 Å². The van der Waals surface area contributed by atoms with Crippen LogP contribution >= 0.6 is 11.3 Å². The van der Waals surface area contributed by atoms with Crippen LogP contribution in [0.1, 0.15) is 33.4 Å². The summed E-state index contributed by atoms with van der Waals surface area (Å²) >= 11 is 1.38. The predicted octanol–water partition coefficient (Wildman–Crippen LogP) is 2.69. The zero-order valence-electron chi connectivity index (χ0n) is 14.6. The quantitative estimate of drug-likeness (QED) is 0.898. The van der Waals surface area contributed by atoms with Crippen molar-refractivity contribution < 1.29 is 14.4 Å². The molecule has 0 spiro atoms. The highest BCUT2D eigenvalue weighted by molar-refractivity contribution is 7.12. The molecular weight excluding hydrogens is 350 g/mol. The maximum Gasteiger partial charge on any atom is 0.265 e. The third-order valence-corrected chi connectivity index (χ3v) is 5.23. The molecule has 1 aromatic heterocycles. The molecule has 2 aromatic rings. The lowest BCUT2D eigenvalue weighted by molar-refractivity contribution is -0.132. The number of nitrogens with one attached hydrogen (secondary N) is 1. The molecule has 7 heteroatoms. The molecule has 0 radical (unpaired) electrons. The number of carbonyl (C=O) groups is 3. The lowest BCUT2D eigenvalue weighted by Gasteiger charge is -2.34. The van der Waals surface area contributed by atoms with Crippen molar-refractivity contribution in [2.24, 2.45) is 0 Å². The van der Waals surface area contributed by atoms with E-state index in [-0.39, 0.29) is 17.7 Å². The zero-order chi connectivity index (χ0) is 18.5. The van der Waals surface area contributed by atoms with E-state index in [4.69, 9.17) is 0 Å². The molecule has 1 N–H and O–H groups in total. The number of amides is 3. The average molecular weight is 371 g/mol. The molecule has 1 fully saturated rings. The van der Waals surface area contributed by atoms with Crippen LogP contribution in [0.3, 0.4) is 0 Å². The molecule has 0 aliphatic carbocycles. The number of rotatable bonds is 4. The predicted molar refractivity (Wildman–Crippen MR) is 101 cm³/mol. The van der Waals surface area contributed by atoms with Crippen LogP contribution in [0.4, 0.5) is 5.69 Å². The van der Waals surface area contributed by atoms with Gasteiger partial charge in [-0.1, -0.05) is 13.0 Å². The minimum absolute atomic E-state index is 0.0512. The average Bonchev–Trinajstić information content (AvgIpc) is 3.22. The summed E-state index contributed by atoms with van der Waals surface area (Å²) in [6, 6.07) is 10.5. The van der Waals surface area contributed by atoms with Crippen molar-refractivity contribution in [2.75, 3.05) is 31.5 Å². The summed E-state index contributed by atoms with van der Waals surface area (Å²) in [6.07, 6.45) is 0.493. The van der Waals surface area contributed by atoms with Crippen LogP contribution in [0.25, 0.3) is 0 Å². The smallest absolute Gasteiger partial charge is 0.265 e. The molecule has 2 heterocycles. The third kappa shape index (κ3) is 4.11. The number of nitrogens with zero attached hydrogens (tertiary/aromatic N) is 2. The second-order valence-corrected chi connectivity index (χ2v) is 6.98. The lowest BCUT2D eigenvalue weighted by Crippen LogP contribution is -2.50. The Kier molecular flexibility index (Phi) is 5.68. The minimum Gasteiger partial charge on any atom is -0.339 e. The monoisotopic (exact) mass is 371 g/mol. The SMILES string of the molecule is CCC(=O)N1CCN(C(=O)c2ccc(NC(=O)c3cccs3)cc2)CC1. The van der Waals surface area contributed by atoms with Crippen LogP contribution in [-0.2, 0) is 4.79 Å². The topological polar surface area (TPSA) is 69.7 Å². The zero-order valence-corrected chi connectivity index (χ0v) is 15.4. The van der Waals surface area contributed by atoms with E-state index in [9.17, 15) is 14.4 Å². The molecule has 3 rings (SSSR count). The normalized spacial score (nSPS) is 14.2. The molecule has 6 nitrogen and oxygen atoms in total. The molecule has 0 saturated carbocycles. The van der Waals surface area contributed by atoms with E-state index < -0.39 is 0 Å². The van der Waals surface area contributed by atoms with Gasteiger partial charge in [-0.25, -0.2) is 0 Å². The van der Waals surface area contributed by atoms with E-state index in [1.165, 1.54) is 11.3 Å². The van der Waals surface area contributed by atoms with Gasteiger partial charge in [0.05, 0.1) is 4.88 Å². The maximum atomic E-state index is 12.6. The van der Waals surface area contributed by atoms with E-state index in [0.29, 0.717) is 48.7 Å². The number of anilines is 1. The molecule has 1 aromatic carbocycles. The fourth-order valence-electron chi connectivity index (χ4n) is 2.86. The van der Waals surface area contributed by atoms with Gasteiger partial charge in [0.15, 0.2) is 0 Å². The molecule has 1 aliphatic rings. The van der Waals surface area contributed by atoms with Gasteiger partial charge in [-0.05, 0) is 35.7 Å². The first-order valence-electron chi connectivity index (χ1n) is 8.60. The van der Waals surface area contributed by atoms with Crippen LogP contribution in [0.5, 0.6) is 0 Å². The van der Waals surface area contributed by atoms with E-state index in [2.05, 4.69) is 5.32 Å². The number of benzene rings is 1. The molecular formula is C19H21N3O3S. The van der Waals surface area contributed by atoms with Crippen LogP contribution in [0, 0.1) is 0 Å². The summed E-state index contributed by atoms with van der Waals surface area (Å²) in [7, 11) is 0. The molecule has 1 aliphatic heterocycles. The standard InChI is InChI=1S/C19H21N3O3S/c1-2-17(23)21-9-11-22(12-10-21)19(25)14-5-7-15(8-6-14)20-18(24)16-4-3-13-26-16/h3-8,13H,2,9-12H2,1H3,(H,20,24). The van der Waals surface area contributed by atoms with Crippen molar-refractivity contribution in [3.8, 4) is 0 Å². The molecule has 0 unspecified atom stereocenters. The molecule has 3 amide bonds. The van der Waals surface area contributed by atoms with E-state index in [1.54, 1.807) is 40.1 Å². The summed E-state index contributed by atoms with van der Waals surface area (Å²) in [4.78, 5) is 40.6. The Morgan fingerprint density at radius 3 is 2.23 bits per heavy atom. The minimum atomic E-state index is -0.157. The third-order valence-electron chi connectivity index (χ3n) is 4.36. The van der Waals surface area contributed by atoms with Gasteiger partial charge in [0.1, 0.15) is 0 Å². The Labute approximate surface area is 156 Å². The second kappa shape index (κ2) is 8.14. The summed E-state index contributed by atoms with van der Waals surface area (Å²) < 4.78 is 0. The Balaban J connectivity index is 1.57. The number of carbonyl (C=O) groups excluding carboxylic acids is 3. The Hall–Kier alpha value is -2.67. The molecule has 1 saturated heterocycles. The van der Waals surface area contributed by atoms with Crippen LogP contribution < -0.4 is 5.32 Å². The van der Waals surface area contributed by atoms with Crippen molar-refractivity contribution in [1.29, 1.82) is 0 Å². The number of hydrogen-bond donors (Lipinski definition) is 1. The highest BCUT2D eigenvalue weighted by atomic mass is 32.1. The van der Waals surface area contributed by atoms with E-state index in [1.807, 2.05) is 18.4 Å². The number of piperazine rings is 1. The highest BCUT2D eigenvalue weighted by Crippen LogP contribution is 2.16. The second-order valence-electron chi connectivity index (χ2n) is 6.04. The van der Waals surface area contributed by atoms with Crippen molar-refractivity contribution in [3.05, 3.63) is 52.2 Å². The summed E-state index contributed by atoms with van der Waals surface area (Å²) in [5.74, 6) is -0.0801.